The topological polar surface area (TPSA) is 69.7 Å². The SMILES string of the molecule is COC(=O)c1ccc(S(=O)(=O)OC(C)CC(C)I)cc1. The molecule has 2 atom stereocenters. The lowest BCUT2D eigenvalue weighted by atomic mass is 10.2. The van der Waals surface area contributed by atoms with Gasteiger partial charge < -0.3 is 4.74 Å². The van der Waals surface area contributed by atoms with Crippen LogP contribution in [0.25, 0.3) is 0 Å². The van der Waals surface area contributed by atoms with Crippen molar-refractivity contribution in [3.8, 4) is 0 Å². The molecule has 112 valence electrons. The maximum atomic E-state index is 12.0. The molecule has 0 fully saturated rings. The van der Waals surface area contributed by atoms with E-state index in [0.29, 0.717) is 15.9 Å². The fourth-order valence-electron chi connectivity index (χ4n) is 1.64. The van der Waals surface area contributed by atoms with E-state index in [2.05, 4.69) is 27.3 Å². The molecule has 0 saturated heterocycles. The smallest absolute Gasteiger partial charge is 0.337 e. The molecule has 1 aromatic carbocycles. The van der Waals surface area contributed by atoms with Gasteiger partial charge in [0.25, 0.3) is 10.1 Å². The zero-order valence-corrected chi connectivity index (χ0v) is 14.5. The molecule has 0 aliphatic carbocycles. The fourth-order valence-corrected chi connectivity index (χ4v) is 3.45. The van der Waals surface area contributed by atoms with Gasteiger partial charge in [-0.3, -0.25) is 4.18 Å². The Bertz CT molecular complexity index is 551. The molecule has 0 N–H and O–H groups in total. The molecule has 0 saturated carbocycles. The summed E-state index contributed by atoms with van der Waals surface area (Å²) in [6.07, 6.45) is 0.243. The molecule has 20 heavy (non-hydrogen) atoms. The molecule has 2 unspecified atom stereocenters. The first-order valence-corrected chi connectivity index (χ1v) is 8.67. The second-order valence-corrected chi connectivity index (χ2v) is 8.09. The normalized spacial score (nSPS) is 14.6. The van der Waals surface area contributed by atoms with Gasteiger partial charge in [-0.2, -0.15) is 8.42 Å². The highest BCUT2D eigenvalue weighted by Crippen LogP contribution is 2.19. The second kappa shape index (κ2) is 7.37. The van der Waals surface area contributed by atoms with Gasteiger partial charge in [-0.25, -0.2) is 4.79 Å². The van der Waals surface area contributed by atoms with E-state index in [0.717, 1.165) is 0 Å². The van der Waals surface area contributed by atoms with Gasteiger partial charge in [0, 0.05) is 3.92 Å². The lowest BCUT2D eigenvalue weighted by Gasteiger charge is -2.14. The first-order chi connectivity index (χ1) is 9.26. The summed E-state index contributed by atoms with van der Waals surface area (Å²) >= 11 is 2.21. The summed E-state index contributed by atoms with van der Waals surface area (Å²) < 4.78 is 34.0. The summed E-state index contributed by atoms with van der Waals surface area (Å²) in [6, 6.07) is 5.46. The van der Waals surface area contributed by atoms with E-state index in [9.17, 15) is 13.2 Å². The molecular weight excluding hydrogens is 395 g/mol. The maximum Gasteiger partial charge on any atom is 0.337 e. The number of benzene rings is 1. The Hall–Kier alpha value is -0.670. The molecule has 0 radical (unpaired) electrons. The van der Waals surface area contributed by atoms with Crippen molar-refractivity contribution >= 4 is 38.7 Å². The van der Waals surface area contributed by atoms with Crippen molar-refractivity contribution in [1.82, 2.24) is 0 Å². The number of halogens is 1. The Morgan fingerprint density at radius 3 is 2.25 bits per heavy atom. The van der Waals surface area contributed by atoms with Crippen LogP contribution in [-0.2, 0) is 19.0 Å². The van der Waals surface area contributed by atoms with Crippen molar-refractivity contribution in [1.29, 1.82) is 0 Å². The molecule has 0 spiro atoms. The third-order valence-corrected chi connectivity index (χ3v) is 4.45. The van der Waals surface area contributed by atoms with Gasteiger partial charge >= 0.3 is 5.97 Å². The molecule has 7 heteroatoms. The number of ether oxygens (including phenoxy) is 1. The Balaban J connectivity index is 2.85. The third kappa shape index (κ3) is 5.02. The van der Waals surface area contributed by atoms with Gasteiger partial charge in [0.05, 0.1) is 23.7 Å². The van der Waals surface area contributed by atoms with Crippen molar-refractivity contribution in [2.24, 2.45) is 0 Å². The lowest BCUT2D eigenvalue weighted by molar-refractivity contribution is 0.0600. The van der Waals surface area contributed by atoms with E-state index in [1.165, 1.54) is 31.4 Å². The summed E-state index contributed by atoms with van der Waals surface area (Å²) in [4.78, 5) is 11.3. The maximum absolute atomic E-state index is 12.0. The minimum atomic E-state index is -3.81. The van der Waals surface area contributed by atoms with E-state index in [4.69, 9.17) is 4.18 Å². The quantitative estimate of drug-likeness (QED) is 0.311. The monoisotopic (exact) mass is 412 g/mol. The van der Waals surface area contributed by atoms with E-state index >= 15 is 0 Å². The largest absolute Gasteiger partial charge is 0.465 e. The van der Waals surface area contributed by atoms with Gasteiger partial charge in [-0.15, -0.1) is 0 Å². The van der Waals surface area contributed by atoms with E-state index in [1.54, 1.807) is 6.92 Å². The minimum Gasteiger partial charge on any atom is -0.465 e. The molecule has 0 bridgehead atoms. The molecule has 0 amide bonds. The van der Waals surface area contributed by atoms with Gasteiger partial charge in [-0.05, 0) is 37.6 Å². The summed E-state index contributed by atoms with van der Waals surface area (Å²) in [7, 11) is -2.54. The number of carbonyl (C=O) groups excluding carboxylic acids is 1. The van der Waals surface area contributed by atoms with E-state index in [-0.39, 0.29) is 4.90 Å². The number of esters is 1. The van der Waals surface area contributed by atoms with Crippen LogP contribution in [0.2, 0.25) is 0 Å². The average molecular weight is 412 g/mol. The molecule has 1 aromatic rings. The number of methoxy groups -OCH3 is 1. The fraction of sp³-hybridized carbons (Fsp3) is 0.462. The number of hydrogen-bond donors (Lipinski definition) is 0. The molecule has 0 aliphatic heterocycles. The van der Waals surface area contributed by atoms with Crippen molar-refractivity contribution in [3.63, 3.8) is 0 Å². The summed E-state index contributed by atoms with van der Waals surface area (Å²) in [6.45, 7) is 3.70. The van der Waals surface area contributed by atoms with Crippen molar-refractivity contribution < 1.29 is 22.1 Å². The first kappa shape index (κ1) is 17.4. The number of alkyl halides is 1. The average Bonchev–Trinajstić information content (AvgIpc) is 2.36. The summed E-state index contributed by atoms with van der Waals surface area (Å²) in [5.41, 5.74) is 0.292. The number of carbonyl (C=O) groups is 1. The van der Waals surface area contributed by atoms with Crippen LogP contribution in [0.3, 0.4) is 0 Å². The Kier molecular flexibility index (Phi) is 6.41. The molecule has 5 nitrogen and oxygen atoms in total. The van der Waals surface area contributed by atoms with Crippen LogP contribution >= 0.6 is 22.6 Å². The minimum absolute atomic E-state index is 0.0260. The molecule has 0 heterocycles. The first-order valence-electron chi connectivity index (χ1n) is 6.02. The highest BCUT2D eigenvalue weighted by molar-refractivity contribution is 14.1. The number of rotatable bonds is 6. The van der Waals surface area contributed by atoms with Gasteiger partial charge in [-0.1, -0.05) is 29.5 Å². The van der Waals surface area contributed by atoms with E-state index < -0.39 is 22.2 Å². The van der Waals surface area contributed by atoms with Gasteiger partial charge in [0.2, 0.25) is 0 Å². The summed E-state index contributed by atoms with van der Waals surface area (Å²) in [5.74, 6) is -0.512. The highest BCUT2D eigenvalue weighted by atomic mass is 127. The van der Waals surface area contributed by atoms with Crippen molar-refractivity contribution in [3.05, 3.63) is 29.8 Å². The van der Waals surface area contributed by atoms with Gasteiger partial charge in [0.15, 0.2) is 0 Å². The van der Waals surface area contributed by atoms with Crippen LogP contribution in [0, 0.1) is 0 Å². The predicted molar refractivity (Wildman–Crippen MR) is 83.6 cm³/mol. The van der Waals surface area contributed by atoms with Crippen molar-refractivity contribution in [2.75, 3.05) is 7.11 Å². The zero-order chi connectivity index (χ0) is 15.3. The van der Waals surface area contributed by atoms with Crippen LogP contribution in [0.4, 0.5) is 0 Å². The molecular formula is C13H17IO5S. The molecule has 0 aliphatic rings. The Morgan fingerprint density at radius 1 is 1.25 bits per heavy atom. The van der Waals surface area contributed by atoms with Gasteiger partial charge in [0.1, 0.15) is 0 Å². The van der Waals surface area contributed by atoms with Crippen LogP contribution in [0.5, 0.6) is 0 Å². The third-order valence-electron chi connectivity index (χ3n) is 2.51. The highest BCUT2D eigenvalue weighted by Gasteiger charge is 2.20. The zero-order valence-electron chi connectivity index (χ0n) is 11.5. The van der Waals surface area contributed by atoms with Crippen LogP contribution in [0.1, 0.15) is 30.6 Å². The van der Waals surface area contributed by atoms with Crippen LogP contribution in [0.15, 0.2) is 29.2 Å². The van der Waals surface area contributed by atoms with Crippen LogP contribution < -0.4 is 0 Å². The molecule has 1 rings (SSSR count). The Morgan fingerprint density at radius 2 is 1.80 bits per heavy atom. The second-order valence-electron chi connectivity index (χ2n) is 4.39. The number of hydrogen-bond acceptors (Lipinski definition) is 5. The molecule has 0 aromatic heterocycles. The predicted octanol–water partition coefficient (Wildman–Crippen LogP) is 2.78. The summed E-state index contributed by atoms with van der Waals surface area (Å²) in [5, 5.41) is 0. The lowest BCUT2D eigenvalue weighted by Crippen LogP contribution is -2.18. The standard InChI is InChI=1S/C13H17IO5S/c1-9(14)8-10(2)19-20(16,17)12-6-4-11(5-7-12)13(15)18-3/h4-7,9-10H,8H2,1-3H3. The van der Waals surface area contributed by atoms with E-state index in [1.807, 2.05) is 6.92 Å². The van der Waals surface area contributed by atoms with Crippen LogP contribution in [-0.4, -0.2) is 31.5 Å². The Labute approximate surface area is 132 Å². The van der Waals surface area contributed by atoms with Crippen molar-refractivity contribution in [2.45, 2.75) is 35.2 Å².